The van der Waals surface area contributed by atoms with E-state index in [1.807, 2.05) is 6.07 Å². The van der Waals surface area contributed by atoms with Gasteiger partial charge in [-0.2, -0.15) is 8.78 Å². The molecule has 1 aromatic heterocycles. The van der Waals surface area contributed by atoms with Gasteiger partial charge in [-0.15, -0.1) is 10.2 Å². The number of likely N-dealkylation sites (tertiary alicyclic amines) is 1. The quantitative estimate of drug-likeness (QED) is 0.463. The van der Waals surface area contributed by atoms with Crippen molar-refractivity contribution in [1.29, 1.82) is 0 Å². The van der Waals surface area contributed by atoms with Gasteiger partial charge in [0.25, 0.3) is 5.89 Å². The number of alkyl halides is 2. The molecule has 3 aromatic rings. The van der Waals surface area contributed by atoms with E-state index in [2.05, 4.69) is 15.1 Å². The predicted octanol–water partition coefficient (Wildman–Crippen LogP) is 3.32. The molecule has 0 aliphatic carbocycles. The Kier molecular flexibility index (Phi) is 7.54. The summed E-state index contributed by atoms with van der Waals surface area (Å²) in [6, 6.07) is 15.5. The Morgan fingerprint density at radius 1 is 1.12 bits per heavy atom. The first-order valence-electron chi connectivity index (χ1n) is 11.0. The fraction of sp³-hybridized carbons (Fsp3) is 0.391. The van der Waals surface area contributed by atoms with Crippen molar-refractivity contribution >= 4 is 15.7 Å². The van der Waals surface area contributed by atoms with E-state index in [1.165, 1.54) is 4.31 Å². The second kappa shape index (κ2) is 10.6. The molecule has 1 fully saturated rings. The van der Waals surface area contributed by atoms with Crippen molar-refractivity contribution in [2.24, 2.45) is 5.92 Å². The van der Waals surface area contributed by atoms with Gasteiger partial charge in [-0.3, -0.25) is 4.31 Å². The molecule has 4 rings (SSSR count). The van der Waals surface area contributed by atoms with Gasteiger partial charge in [0.05, 0.1) is 18.0 Å². The molecule has 0 amide bonds. The van der Waals surface area contributed by atoms with Gasteiger partial charge >= 0.3 is 6.43 Å². The first kappa shape index (κ1) is 24.2. The van der Waals surface area contributed by atoms with Crippen LogP contribution in [0.2, 0.25) is 0 Å². The van der Waals surface area contributed by atoms with E-state index in [9.17, 15) is 22.3 Å². The van der Waals surface area contributed by atoms with Crippen molar-refractivity contribution in [3.05, 3.63) is 66.1 Å². The highest BCUT2D eigenvalue weighted by molar-refractivity contribution is 7.92. The number of aromatic nitrogens is 2. The molecule has 0 bridgehead atoms. The second-order valence-corrected chi connectivity index (χ2v) is 10.3. The molecule has 0 saturated carbocycles. The number of benzene rings is 2. The Bertz CT molecular complexity index is 1170. The van der Waals surface area contributed by atoms with Crippen LogP contribution in [0.5, 0.6) is 0 Å². The predicted molar refractivity (Wildman–Crippen MR) is 123 cm³/mol. The summed E-state index contributed by atoms with van der Waals surface area (Å²) in [4.78, 5) is 2.06. The largest absolute Gasteiger partial charge is 0.415 e. The van der Waals surface area contributed by atoms with Crippen LogP contribution in [0.1, 0.15) is 24.3 Å². The summed E-state index contributed by atoms with van der Waals surface area (Å²) < 4.78 is 58.4. The summed E-state index contributed by atoms with van der Waals surface area (Å²) in [6.45, 7) is 2.09. The van der Waals surface area contributed by atoms with E-state index in [1.54, 1.807) is 48.5 Å². The number of hydrogen-bond acceptors (Lipinski definition) is 7. The molecule has 182 valence electrons. The molecule has 0 spiro atoms. The molecule has 1 saturated heterocycles. The lowest BCUT2D eigenvalue weighted by molar-refractivity contribution is 0.116. The molecule has 1 N–H and O–H groups in total. The van der Waals surface area contributed by atoms with E-state index in [0.29, 0.717) is 29.9 Å². The topological polar surface area (TPSA) is 99.8 Å². The monoisotopic (exact) mass is 492 g/mol. The number of anilines is 1. The lowest BCUT2D eigenvalue weighted by atomic mass is 10.1. The fourth-order valence-corrected chi connectivity index (χ4v) is 5.42. The SMILES string of the molecule is O=S(=O)(CCN1CC[C@@H](CO)C1)N(Cc1ccc(-c2nnc(C(F)F)o2)cc1)c1ccccc1. The fourth-order valence-electron chi connectivity index (χ4n) is 3.92. The van der Waals surface area contributed by atoms with E-state index >= 15 is 0 Å². The zero-order valence-corrected chi connectivity index (χ0v) is 19.2. The number of aliphatic hydroxyl groups excluding tert-OH is 1. The number of halogens is 2. The van der Waals surface area contributed by atoms with Crippen molar-refractivity contribution in [2.75, 3.05) is 36.3 Å². The summed E-state index contributed by atoms with van der Waals surface area (Å²) in [5.41, 5.74) is 1.73. The van der Waals surface area contributed by atoms with Crippen molar-refractivity contribution in [3.8, 4) is 11.5 Å². The first-order chi connectivity index (χ1) is 16.4. The molecule has 1 aliphatic heterocycles. The molecule has 11 heteroatoms. The van der Waals surface area contributed by atoms with E-state index in [-0.39, 0.29) is 30.7 Å². The molecule has 1 aliphatic rings. The third-order valence-electron chi connectivity index (χ3n) is 5.83. The van der Waals surface area contributed by atoms with Crippen LogP contribution < -0.4 is 4.31 Å². The van der Waals surface area contributed by atoms with Gasteiger partial charge in [-0.25, -0.2) is 8.42 Å². The number of aliphatic hydroxyl groups is 1. The maximum Gasteiger partial charge on any atom is 0.314 e. The zero-order chi connectivity index (χ0) is 24.1. The minimum atomic E-state index is -3.65. The van der Waals surface area contributed by atoms with Crippen LogP contribution in [0.4, 0.5) is 14.5 Å². The normalized spacial score (nSPS) is 16.9. The van der Waals surface area contributed by atoms with Gasteiger partial charge in [0, 0.05) is 25.3 Å². The summed E-state index contributed by atoms with van der Waals surface area (Å²) in [5.74, 6) is -0.622. The van der Waals surface area contributed by atoms with Crippen LogP contribution in [-0.2, 0) is 16.6 Å². The lowest BCUT2D eigenvalue weighted by Crippen LogP contribution is -2.37. The Hall–Kier alpha value is -2.89. The average molecular weight is 493 g/mol. The molecule has 2 aromatic carbocycles. The minimum absolute atomic E-state index is 0.0267. The molecule has 0 unspecified atom stereocenters. The standard InChI is InChI=1S/C23H26F2N4O4S/c24-21(25)23-27-26-22(33-23)19-8-6-17(7-9-19)15-29(20-4-2-1-3-5-20)34(31,32)13-12-28-11-10-18(14-28)16-30/h1-9,18,21,30H,10-16H2/t18-/m1/s1. The molecule has 1 atom stereocenters. The molecule has 0 radical (unpaired) electrons. The van der Waals surface area contributed by atoms with E-state index in [4.69, 9.17) is 4.42 Å². The highest BCUT2D eigenvalue weighted by Gasteiger charge is 2.27. The van der Waals surface area contributed by atoms with Gasteiger partial charge in [-0.1, -0.05) is 30.3 Å². The Balaban J connectivity index is 1.50. The van der Waals surface area contributed by atoms with Gasteiger partial charge < -0.3 is 14.4 Å². The van der Waals surface area contributed by atoms with E-state index < -0.39 is 22.3 Å². The summed E-state index contributed by atoms with van der Waals surface area (Å²) >= 11 is 0. The summed E-state index contributed by atoms with van der Waals surface area (Å²) in [6.07, 6.45) is -1.98. The van der Waals surface area contributed by atoms with Crippen molar-refractivity contribution in [3.63, 3.8) is 0 Å². The van der Waals surface area contributed by atoms with Crippen LogP contribution in [0.25, 0.3) is 11.5 Å². The highest BCUT2D eigenvalue weighted by atomic mass is 32.2. The molecule has 2 heterocycles. The number of nitrogens with zero attached hydrogens (tertiary/aromatic N) is 4. The molecule has 34 heavy (non-hydrogen) atoms. The smallest absolute Gasteiger partial charge is 0.314 e. The van der Waals surface area contributed by atoms with Crippen LogP contribution in [0.3, 0.4) is 0 Å². The van der Waals surface area contributed by atoms with Crippen LogP contribution >= 0.6 is 0 Å². The van der Waals surface area contributed by atoms with Gasteiger partial charge in [-0.05, 0) is 48.7 Å². The maximum absolute atomic E-state index is 13.3. The van der Waals surface area contributed by atoms with Gasteiger partial charge in [0.1, 0.15) is 0 Å². The summed E-state index contributed by atoms with van der Waals surface area (Å²) in [7, 11) is -3.65. The third kappa shape index (κ3) is 5.78. The number of rotatable bonds is 10. The van der Waals surface area contributed by atoms with Gasteiger partial charge in [0.2, 0.25) is 15.9 Å². The van der Waals surface area contributed by atoms with Gasteiger partial charge in [0.15, 0.2) is 0 Å². The Labute approximate surface area is 196 Å². The van der Waals surface area contributed by atoms with E-state index in [0.717, 1.165) is 13.0 Å². The highest BCUT2D eigenvalue weighted by Crippen LogP contribution is 2.26. The molecular formula is C23H26F2N4O4S. The Morgan fingerprint density at radius 3 is 2.47 bits per heavy atom. The van der Waals surface area contributed by atoms with Crippen molar-refractivity contribution < 1.29 is 26.7 Å². The number of sulfonamides is 1. The zero-order valence-electron chi connectivity index (χ0n) is 18.4. The number of para-hydroxylation sites is 1. The van der Waals surface area contributed by atoms with Crippen LogP contribution in [-0.4, -0.2) is 60.6 Å². The Morgan fingerprint density at radius 2 is 1.85 bits per heavy atom. The lowest BCUT2D eigenvalue weighted by Gasteiger charge is -2.26. The minimum Gasteiger partial charge on any atom is -0.415 e. The van der Waals surface area contributed by atoms with Crippen LogP contribution in [0.15, 0.2) is 59.0 Å². The number of hydrogen-bond donors (Lipinski definition) is 1. The maximum atomic E-state index is 13.3. The second-order valence-electron chi connectivity index (χ2n) is 8.24. The first-order valence-corrected chi connectivity index (χ1v) is 12.6. The van der Waals surface area contributed by atoms with Crippen molar-refractivity contribution in [1.82, 2.24) is 15.1 Å². The summed E-state index contributed by atoms with van der Waals surface area (Å²) in [5, 5.41) is 16.3. The third-order valence-corrected chi connectivity index (χ3v) is 7.54. The molecular weight excluding hydrogens is 466 g/mol. The molecule has 8 nitrogen and oxygen atoms in total. The van der Waals surface area contributed by atoms with Crippen molar-refractivity contribution in [2.45, 2.75) is 19.4 Å². The average Bonchev–Trinajstić information content (AvgIpc) is 3.52. The van der Waals surface area contributed by atoms with Crippen LogP contribution in [0, 0.1) is 5.92 Å².